The SMILES string of the molecule is C=C(CCCC)C[Si+](C)C. The van der Waals surface area contributed by atoms with Gasteiger partial charge in [-0.05, 0) is 18.4 Å². The van der Waals surface area contributed by atoms with Gasteiger partial charge >= 0.3 is 8.80 Å². The normalized spacial score (nSPS) is 9.50. The van der Waals surface area contributed by atoms with E-state index in [2.05, 4.69) is 26.6 Å². The van der Waals surface area contributed by atoms with E-state index in [1.54, 1.807) is 0 Å². The second kappa shape index (κ2) is 5.72. The molecule has 0 saturated carbocycles. The average Bonchev–Trinajstić information content (AvgIpc) is 1.82. The third kappa shape index (κ3) is 6.08. The molecule has 0 amide bonds. The van der Waals surface area contributed by atoms with Crippen molar-refractivity contribution in [2.75, 3.05) is 0 Å². The second-order valence-corrected chi connectivity index (χ2v) is 6.01. The number of rotatable bonds is 5. The molecular formula is C9H19Si+. The van der Waals surface area contributed by atoms with Crippen molar-refractivity contribution < 1.29 is 0 Å². The van der Waals surface area contributed by atoms with E-state index in [0.29, 0.717) is 0 Å². The minimum absolute atomic E-state index is 0.0633. The molecule has 0 aliphatic carbocycles. The second-order valence-electron chi connectivity index (χ2n) is 3.24. The Balaban J connectivity index is 3.26. The van der Waals surface area contributed by atoms with Crippen molar-refractivity contribution in [1.29, 1.82) is 0 Å². The van der Waals surface area contributed by atoms with Crippen LogP contribution in [0.3, 0.4) is 0 Å². The van der Waals surface area contributed by atoms with Gasteiger partial charge in [-0.25, -0.2) is 0 Å². The number of unbranched alkanes of at least 4 members (excludes halogenated alkanes) is 1. The molecule has 0 N–H and O–H groups in total. The van der Waals surface area contributed by atoms with Crippen LogP contribution in [0.4, 0.5) is 0 Å². The Hall–Kier alpha value is -0.0431. The molecule has 1 heteroatoms. The molecule has 0 aromatic heterocycles. The molecule has 58 valence electrons. The van der Waals surface area contributed by atoms with Crippen LogP contribution in [0.15, 0.2) is 12.2 Å². The van der Waals surface area contributed by atoms with Crippen LogP contribution < -0.4 is 0 Å². The first-order chi connectivity index (χ1) is 4.66. The first-order valence-electron chi connectivity index (χ1n) is 4.12. The van der Waals surface area contributed by atoms with Gasteiger partial charge in [0.2, 0.25) is 0 Å². The van der Waals surface area contributed by atoms with Gasteiger partial charge in [0, 0.05) is 0 Å². The van der Waals surface area contributed by atoms with E-state index in [9.17, 15) is 0 Å². The topological polar surface area (TPSA) is 0 Å². The van der Waals surface area contributed by atoms with Crippen molar-refractivity contribution in [3.63, 3.8) is 0 Å². The summed E-state index contributed by atoms with van der Waals surface area (Å²) in [6, 6.07) is 1.31. The fourth-order valence-corrected chi connectivity index (χ4v) is 2.19. The molecule has 0 nitrogen and oxygen atoms in total. The van der Waals surface area contributed by atoms with Crippen LogP contribution in [0.25, 0.3) is 0 Å². The van der Waals surface area contributed by atoms with E-state index in [-0.39, 0.29) is 8.80 Å². The third-order valence-corrected chi connectivity index (χ3v) is 2.69. The molecule has 0 aliphatic heterocycles. The maximum atomic E-state index is 4.06. The Morgan fingerprint density at radius 2 is 2.00 bits per heavy atom. The molecule has 0 atom stereocenters. The summed E-state index contributed by atoms with van der Waals surface area (Å²) in [6.07, 6.45) is 3.88. The zero-order chi connectivity index (χ0) is 7.98. The lowest BCUT2D eigenvalue weighted by Gasteiger charge is -1.98. The van der Waals surface area contributed by atoms with E-state index in [1.165, 1.54) is 30.9 Å². The van der Waals surface area contributed by atoms with Crippen LogP contribution in [-0.4, -0.2) is 8.80 Å². The van der Waals surface area contributed by atoms with Crippen molar-refractivity contribution in [1.82, 2.24) is 0 Å². The maximum absolute atomic E-state index is 4.06. The highest BCUT2D eigenvalue weighted by atomic mass is 28.3. The van der Waals surface area contributed by atoms with E-state index >= 15 is 0 Å². The van der Waals surface area contributed by atoms with Crippen LogP contribution in [-0.2, 0) is 0 Å². The maximum Gasteiger partial charge on any atom is 0.312 e. The summed E-state index contributed by atoms with van der Waals surface area (Å²) in [5.74, 6) is 0. The molecule has 0 aliphatic rings. The minimum Gasteiger partial charge on any atom is -0.0972 e. The zero-order valence-electron chi connectivity index (χ0n) is 7.54. The standard InChI is InChI=1S/C9H19Si/c1-5-6-7-9(2)8-10(3)4/h2,5-8H2,1,3-4H3/q+1. The summed E-state index contributed by atoms with van der Waals surface area (Å²) in [5.41, 5.74) is 1.47. The van der Waals surface area contributed by atoms with Gasteiger partial charge in [0.1, 0.15) is 0 Å². The van der Waals surface area contributed by atoms with Gasteiger partial charge in [0.05, 0.1) is 19.1 Å². The van der Waals surface area contributed by atoms with E-state index in [1.807, 2.05) is 0 Å². The molecule has 0 rings (SSSR count). The average molecular weight is 155 g/mol. The van der Waals surface area contributed by atoms with E-state index < -0.39 is 0 Å². The minimum atomic E-state index is -0.0633. The van der Waals surface area contributed by atoms with Crippen LogP contribution in [0, 0.1) is 0 Å². The van der Waals surface area contributed by atoms with Crippen molar-refractivity contribution in [3.8, 4) is 0 Å². The molecule has 0 aromatic rings. The molecule has 10 heavy (non-hydrogen) atoms. The Labute approximate surface area is 66.9 Å². The van der Waals surface area contributed by atoms with Gasteiger partial charge in [0.15, 0.2) is 0 Å². The highest BCUT2D eigenvalue weighted by Gasteiger charge is 2.11. The van der Waals surface area contributed by atoms with Gasteiger partial charge in [-0.2, -0.15) is 0 Å². The van der Waals surface area contributed by atoms with Gasteiger partial charge in [-0.1, -0.05) is 19.9 Å². The fourth-order valence-electron chi connectivity index (χ4n) is 1.02. The summed E-state index contributed by atoms with van der Waals surface area (Å²) in [7, 11) is -0.0633. The van der Waals surface area contributed by atoms with Crippen molar-refractivity contribution in [3.05, 3.63) is 12.2 Å². The van der Waals surface area contributed by atoms with E-state index in [0.717, 1.165) is 0 Å². The lowest BCUT2D eigenvalue weighted by molar-refractivity contribution is 0.788. The van der Waals surface area contributed by atoms with Gasteiger partial charge < -0.3 is 0 Å². The molecule has 0 unspecified atom stereocenters. The van der Waals surface area contributed by atoms with Crippen LogP contribution in [0.1, 0.15) is 26.2 Å². The first-order valence-corrected chi connectivity index (χ1v) is 6.83. The number of allylic oxidation sites excluding steroid dienone is 1. The largest absolute Gasteiger partial charge is 0.312 e. The monoisotopic (exact) mass is 155 g/mol. The molecule has 0 fully saturated rings. The zero-order valence-corrected chi connectivity index (χ0v) is 8.54. The van der Waals surface area contributed by atoms with Gasteiger partial charge in [-0.3, -0.25) is 0 Å². The summed E-state index contributed by atoms with van der Waals surface area (Å²) in [6.45, 7) is 11.0. The predicted octanol–water partition coefficient (Wildman–Crippen LogP) is 3.49. The predicted molar refractivity (Wildman–Crippen MR) is 51.0 cm³/mol. The quantitative estimate of drug-likeness (QED) is 0.421. The number of hydrogen-bond acceptors (Lipinski definition) is 0. The molecule has 0 radical (unpaired) electrons. The van der Waals surface area contributed by atoms with Gasteiger partial charge in [0.25, 0.3) is 0 Å². The van der Waals surface area contributed by atoms with E-state index in [4.69, 9.17) is 0 Å². The molecule has 0 aromatic carbocycles. The van der Waals surface area contributed by atoms with Crippen LogP contribution in [0.2, 0.25) is 19.1 Å². The van der Waals surface area contributed by atoms with Crippen molar-refractivity contribution in [2.24, 2.45) is 0 Å². The number of hydrogen-bond donors (Lipinski definition) is 0. The molecule has 0 saturated heterocycles. The summed E-state index contributed by atoms with van der Waals surface area (Å²) in [5, 5.41) is 0. The summed E-state index contributed by atoms with van der Waals surface area (Å²) < 4.78 is 0. The van der Waals surface area contributed by atoms with Crippen molar-refractivity contribution >= 4 is 8.80 Å². The Kier molecular flexibility index (Phi) is 5.70. The van der Waals surface area contributed by atoms with Crippen LogP contribution >= 0.6 is 0 Å². The Bertz CT molecular complexity index is 94.9. The summed E-state index contributed by atoms with van der Waals surface area (Å²) >= 11 is 0. The lowest BCUT2D eigenvalue weighted by Crippen LogP contribution is -1.99. The van der Waals surface area contributed by atoms with Gasteiger partial charge in [-0.15, -0.1) is 0 Å². The Morgan fingerprint density at radius 3 is 2.40 bits per heavy atom. The molecule has 0 bridgehead atoms. The third-order valence-electron chi connectivity index (χ3n) is 1.49. The highest BCUT2D eigenvalue weighted by molar-refractivity contribution is 6.56. The lowest BCUT2D eigenvalue weighted by atomic mass is 10.1. The fraction of sp³-hybridized carbons (Fsp3) is 0.778. The first kappa shape index (κ1) is 9.96. The molecule has 0 spiro atoms. The molecular weight excluding hydrogens is 136 g/mol. The van der Waals surface area contributed by atoms with Crippen molar-refractivity contribution in [2.45, 2.75) is 45.3 Å². The molecule has 0 heterocycles. The smallest absolute Gasteiger partial charge is 0.0972 e. The summed E-state index contributed by atoms with van der Waals surface area (Å²) in [4.78, 5) is 0. The van der Waals surface area contributed by atoms with Crippen LogP contribution in [0.5, 0.6) is 0 Å². The Morgan fingerprint density at radius 1 is 1.40 bits per heavy atom. The highest BCUT2D eigenvalue weighted by Crippen LogP contribution is 2.11.